The first kappa shape index (κ1) is 11.3. The zero-order chi connectivity index (χ0) is 9.40. The molecule has 0 aromatic heterocycles. The van der Waals surface area contributed by atoms with Crippen molar-refractivity contribution in [3.05, 3.63) is 0 Å². The molecule has 0 atom stereocenters. The quantitative estimate of drug-likeness (QED) is 0.565. The largest absolute Gasteiger partial charge is 0.530 e. The summed E-state index contributed by atoms with van der Waals surface area (Å²) in [6.45, 7) is 5.12. The van der Waals surface area contributed by atoms with Gasteiger partial charge < -0.3 is 14.8 Å². The zero-order valence-corrected chi connectivity index (χ0v) is 8.01. The Kier molecular flexibility index (Phi) is 6.53. The highest BCUT2D eigenvalue weighted by Gasteiger charge is 1.99. The molecule has 72 valence electrons. The third-order valence-corrected chi connectivity index (χ3v) is 1.92. The van der Waals surface area contributed by atoms with Crippen molar-refractivity contribution in [3.8, 4) is 0 Å². The molecule has 0 heterocycles. The van der Waals surface area contributed by atoms with Crippen LogP contribution in [0, 0.1) is 0 Å². The lowest BCUT2D eigenvalue weighted by Crippen LogP contribution is -2.41. The molecule has 0 bridgehead atoms. The summed E-state index contributed by atoms with van der Waals surface area (Å²) in [4.78, 5) is 11.8. The van der Waals surface area contributed by atoms with Crippen LogP contribution in [0.25, 0.3) is 0 Å². The maximum atomic E-state index is 10.4. The second kappa shape index (κ2) is 6.95. The summed E-state index contributed by atoms with van der Waals surface area (Å²) in [5.41, 5.74) is 0. The van der Waals surface area contributed by atoms with Crippen molar-refractivity contribution in [3.63, 3.8) is 0 Å². The van der Waals surface area contributed by atoms with Gasteiger partial charge in [-0.05, 0) is 13.3 Å². The third-order valence-electron chi connectivity index (χ3n) is 1.92. The van der Waals surface area contributed by atoms with E-state index in [4.69, 9.17) is 0 Å². The van der Waals surface area contributed by atoms with E-state index in [1.54, 1.807) is 0 Å². The smallest absolute Gasteiger partial charge is 0.136 e. The Morgan fingerprint density at radius 3 is 2.33 bits per heavy atom. The van der Waals surface area contributed by atoms with E-state index < -0.39 is 6.09 Å². The first-order chi connectivity index (χ1) is 5.72. The summed E-state index contributed by atoms with van der Waals surface area (Å²) in [5.74, 6) is 0. The molecule has 0 radical (unpaired) electrons. The van der Waals surface area contributed by atoms with Gasteiger partial charge in [0.25, 0.3) is 0 Å². The molecule has 0 aromatic rings. The zero-order valence-electron chi connectivity index (χ0n) is 8.01. The highest BCUT2D eigenvalue weighted by atomic mass is 16.4. The second-order valence-electron chi connectivity index (χ2n) is 2.91. The van der Waals surface area contributed by atoms with E-state index in [0.29, 0.717) is 13.1 Å². The van der Waals surface area contributed by atoms with Gasteiger partial charge in [0.05, 0.1) is 0 Å². The molecule has 0 saturated heterocycles. The Bertz CT molecular complexity index is 126. The minimum Gasteiger partial charge on any atom is -0.530 e. The first-order valence-electron chi connectivity index (χ1n) is 4.68. The summed E-state index contributed by atoms with van der Waals surface area (Å²) in [6.07, 6.45) is 3.38. The molecular formula is C9H18NO2-. The van der Waals surface area contributed by atoms with Crippen molar-refractivity contribution in [1.29, 1.82) is 0 Å². The number of rotatable bonds is 6. The Hall–Kier alpha value is -0.730. The molecule has 0 aliphatic carbocycles. The van der Waals surface area contributed by atoms with Crippen molar-refractivity contribution in [1.82, 2.24) is 4.90 Å². The lowest BCUT2D eigenvalue weighted by Gasteiger charge is -2.22. The summed E-state index contributed by atoms with van der Waals surface area (Å²) >= 11 is 0. The lowest BCUT2D eigenvalue weighted by molar-refractivity contribution is -0.265. The van der Waals surface area contributed by atoms with Crippen LogP contribution in [-0.2, 0) is 0 Å². The van der Waals surface area contributed by atoms with Crippen LogP contribution in [0.4, 0.5) is 4.79 Å². The van der Waals surface area contributed by atoms with Crippen LogP contribution < -0.4 is 5.11 Å². The van der Waals surface area contributed by atoms with Crippen LogP contribution >= 0.6 is 0 Å². The number of carboxylic acid groups (broad SMARTS) is 1. The van der Waals surface area contributed by atoms with Crippen molar-refractivity contribution < 1.29 is 9.90 Å². The Morgan fingerprint density at radius 1 is 1.25 bits per heavy atom. The molecule has 12 heavy (non-hydrogen) atoms. The van der Waals surface area contributed by atoms with Gasteiger partial charge in [0.1, 0.15) is 6.09 Å². The summed E-state index contributed by atoms with van der Waals surface area (Å²) in [6, 6.07) is 0. The Labute approximate surface area is 74.4 Å². The molecule has 0 aliphatic rings. The van der Waals surface area contributed by atoms with E-state index in [2.05, 4.69) is 6.92 Å². The van der Waals surface area contributed by atoms with E-state index in [1.165, 1.54) is 17.7 Å². The number of amides is 1. The average Bonchev–Trinajstić information content (AvgIpc) is 2.04. The molecule has 0 saturated carbocycles. The van der Waals surface area contributed by atoms with E-state index in [-0.39, 0.29) is 0 Å². The molecule has 0 aromatic carbocycles. The predicted octanol–water partition coefficient (Wildman–Crippen LogP) is 1.23. The third kappa shape index (κ3) is 4.99. The highest BCUT2D eigenvalue weighted by molar-refractivity contribution is 5.62. The molecule has 3 heteroatoms. The van der Waals surface area contributed by atoms with Crippen LogP contribution in [0.5, 0.6) is 0 Å². The molecular weight excluding hydrogens is 154 g/mol. The molecule has 3 nitrogen and oxygen atoms in total. The van der Waals surface area contributed by atoms with E-state index >= 15 is 0 Å². The van der Waals surface area contributed by atoms with E-state index in [1.807, 2.05) is 6.92 Å². The second-order valence-corrected chi connectivity index (χ2v) is 2.91. The molecule has 1 amide bonds. The van der Waals surface area contributed by atoms with Crippen molar-refractivity contribution in [2.24, 2.45) is 0 Å². The Balaban J connectivity index is 3.38. The van der Waals surface area contributed by atoms with Gasteiger partial charge in [-0.15, -0.1) is 0 Å². The molecule has 0 unspecified atom stereocenters. The highest BCUT2D eigenvalue weighted by Crippen LogP contribution is 2.00. The maximum Gasteiger partial charge on any atom is 0.136 e. The Morgan fingerprint density at radius 2 is 1.92 bits per heavy atom. The van der Waals surface area contributed by atoms with Gasteiger partial charge in [-0.1, -0.05) is 26.2 Å². The van der Waals surface area contributed by atoms with Crippen LogP contribution in [-0.4, -0.2) is 24.1 Å². The standard InChI is InChI=1S/C9H19NO2/c1-3-5-6-7-8-10(4-2)9(11)12/h3-8H2,1-2H3,(H,11,12)/p-1. The molecule has 0 fully saturated rings. The van der Waals surface area contributed by atoms with Gasteiger partial charge >= 0.3 is 0 Å². The van der Waals surface area contributed by atoms with Crippen molar-refractivity contribution in [2.75, 3.05) is 13.1 Å². The fourth-order valence-corrected chi connectivity index (χ4v) is 1.11. The van der Waals surface area contributed by atoms with Gasteiger partial charge in [0, 0.05) is 13.1 Å². The van der Waals surface area contributed by atoms with Gasteiger partial charge in [0.15, 0.2) is 0 Å². The first-order valence-corrected chi connectivity index (χ1v) is 4.68. The predicted molar refractivity (Wildman–Crippen MR) is 46.8 cm³/mol. The van der Waals surface area contributed by atoms with Crippen LogP contribution in [0.1, 0.15) is 39.5 Å². The average molecular weight is 172 g/mol. The minimum atomic E-state index is -1.05. The minimum absolute atomic E-state index is 0.536. The lowest BCUT2D eigenvalue weighted by atomic mass is 10.2. The van der Waals surface area contributed by atoms with E-state index in [0.717, 1.165) is 12.8 Å². The van der Waals surface area contributed by atoms with Gasteiger partial charge in [-0.25, -0.2) is 0 Å². The molecule has 0 rings (SSSR count). The summed E-state index contributed by atoms with van der Waals surface area (Å²) in [5, 5.41) is 10.4. The molecule has 0 N–H and O–H groups in total. The monoisotopic (exact) mass is 172 g/mol. The summed E-state index contributed by atoms with van der Waals surface area (Å²) < 4.78 is 0. The van der Waals surface area contributed by atoms with Crippen molar-refractivity contribution in [2.45, 2.75) is 39.5 Å². The van der Waals surface area contributed by atoms with Gasteiger partial charge in [-0.3, -0.25) is 0 Å². The fraction of sp³-hybridized carbons (Fsp3) is 0.889. The number of carbonyl (C=O) groups excluding carboxylic acids is 1. The van der Waals surface area contributed by atoms with Gasteiger partial charge in [-0.2, -0.15) is 0 Å². The molecule has 0 spiro atoms. The normalized spacial score (nSPS) is 9.83. The number of carbonyl (C=O) groups is 1. The van der Waals surface area contributed by atoms with Crippen LogP contribution in [0.15, 0.2) is 0 Å². The number of nitrogens with zero attached hydrogens (tertiary/aromatic N) is 1. The molecule has 0 aliphatic heterocycles. The fourth-order valence-electron chi connectivity index (χ4n) is 1.11. The van der Waals surface area contributed by atoms with Crippen LogP contribution in [0.2, 0.25) is 0 Å². The number of hydrogen-bond acceptors (Lipinski definition) is 2. The maximum absolute atomic E-state index is 10.4. The number of unbranched alkanes of at least 4 members (excludes halogenated alkanes) is 3. The SMILES string of the molecule is CCCCCCN(CC)C(=O)[O-]. The van der Waals surface area contributed by atoms with Crippen LogP contribution in [0.3, 0.4) is 0 Å². The van der Waals surface area contributed by atoms with Gasteiger partial charge in [0.2, 0.25) is 0 Å². The topological polar surface area (TPSA) is 43.4 Å². The van der Waals surface area contributed by atoms with E-state index in [9.17, 15) is 9.90 Å². The van der Waals surface area contributed by atoms with Crippen molar-refractivity contribution >= 4 is 6.09 Å². The summed E-state index contributed by atoms with van der Waals surface area (Å²) in [7, 11) is 0. The number of hydrogen-bond donors (Lipinski definition) is 0.